The Morgan fingerprint density at radius 2 is 0.630 bits per heavy atom. The molecular weight excluding hydrogens is 899 g/mol. The van der Waals surface area contributed by atoms with Gasteiger partial charge in [-0.1, -0.05) is 347 Å². The SMILES string of the molecule is CCCCCCCCCCCCCCC/C=C/C(O)C(CO)NC(=O)CCCCCCCCCCCCCCCCCCCCCCCCCOC(=O)CCCCCCCCCCCCCCCCCCCC. The van der Waals surface area contributed by atoms with E-state index in [9.17, 15) is 19.8 Å². The summed E-state index contributed by atoms with van der Waals surface area (Å²) in [7, 11) is 0. The van der Waals surface area contributed by atoms with Crippen LogP contribution in [0.1, 0.15) is 380 Å². The molecule has 0 saturated carbocycles. The van der Waals surface area contributed by atoms with Crippen LogP contribution in [-0.4, -0.2) is 47.4 Å². The molecular formula is C67H131NO5. The zero-order valence-corrected chi connectivity index (χ0v) is 49.6. The van der Waals surface area contributed by atoms with E-state index in [0.29, 0.717) is 19.4 Å². The van der Waals surface area contributed by atoms with E-state index in [0.717, 1.165) is 38.5 Å². The van der Waals surface area contributed by atoms with Gasteiger partial charge >= 0.3 is 5.97 Å². The van der Waals surface area contributed by atoms with Crippen LogP contribution >= 0.6 is 0 Å². The molecule has 6 nitrogen and oxygen atoms in total. The molecule has 434 valence electrons. The number of unbranched alkanes of at least 4 members (excludes halogenated alkanes) is 52. The summed E-state index contributed by atoms with van der Waals surface area (Å²) in [6.45, 7) is 4.94. The Kier molecular flexibility index (Phi) is 61.9. The molecule has 0 spiro atoms. The van der Waals surface area contributed by atoms with Gasteiger partial charge in [-0.3, -0.25) is 9.59 Å². The lowest BCUT2D eigenvalue weighted by Gasteiger charge is -2.20. The minimum absolute atomic E-state index is 0.0192. The maximum absolute atomic E-state index is 12.5. The molecule has 0 rings (SSSR count). The second-order valence-electron chi connectivity index (χ2n) is 23.2. The van der Waals surface area contributed by atoms with E-state index < -0.39 is 12.1 Å². The predicted molar refractivity (Wildman–Crippen MR) is 320 cm³/mol. The van der Waals surface area contributed by atoms with Gasteiger partial charge in [0.05, 0.1) is 25.4 Å². The van der Waals surface area contributed by atoms with E-state index in [1.54, 1.807) is 6.08 Å². The first-order chi connectivity index (χ1) is 36.0. The van der Waals surface area contributed by atoms with Crippen LogP contribution in [0.15, 0.2) is 12.2 Å². The summed E-state index contributed by atoms with van der Waals surface area (Å²) in [5, 5.41) is 23.1. The summed E-state index contributed by atoms with van der Waals surface area (Å²) in [5.74, 6) is -0.0456. The zero-order valence-electron chi connectivity index (χ0n) is 49.6. The highest BCUT2D eigenvalue weighted by Crippen LogP contribution is 2.19. The molecule has 2 unspecified atom stereocenters. The molecule has 0 bridgehead atoms. The normalized spacial score (nSPS) is 12.5. The van der Waals surface area contributed by atoms with Crippen molar-refractivity contribution in [1.29, 1.82) is 0 Å². The Bertz CT molecular complexity index is 1100. The van der Waals surface area contributed by atoms with Crippen molar-refractivity contribution in [3.05, 3.63) is 12.2 Å². The van der Waals surface area contributed by atoms with Gasteiger partial charge in [0.2, 0.25) is 5.91 Å². The third-order valence-electron chi connectivity index (χ3n) is 15.8. The maximum atomic E-state index is 12.5. The van der Waals surface area contributed by atoms with Crippen molar-refractivity contribution in [3.63, 3.8) is 0 Å². The molecule has 0 saturated heterocycles. The van der Waals surface area contributed by atoms with Crippen molar-refractivity contribution in [2.75, 3.05) is 13.2 Å². The lowest BCUT2D eigenvalue weighted by atomic mass is 10.0. The summed E-state index contributed by atoms with van der Waals surface area (Å²) in [6, 6.07) is -0.626. The third-order valence-corrected chi connectivity index (χ3v) is 15.8. The van der Waals surface area contributed by atoms with Crippen molar-refractivity contribution in [1.82, 2.24) is 5.32 Å². The Morgan fingerprint density at radius 1 is 0.370 bits per heavy atom. The third kappa shape index (κ3) is 59.7. The first-order valence-electron chi connectivity index (χ1n) is 33.5. The average molecular weight is 1030 g/mol. The number of esters is 1. The van der Waals surface area contributed by atoms with Gasteiger partial charge in [0.25, 0.3) is 0 Å². The molecule has 3 N–H and O–H groups in total. The van der Waals surface area contributed by atoms with Crippen LogP contribution in [0.5, 0.6) is 0 Å². The minimum atomic E-state index is -0.843. The van der Waals surface area contributed by atoms with E-state index in [1.807, 2.05) is 6.08 Å². The monoisotopic (exact) mass is 1030 g/mol. The summed E-state index contributed by atoms with van der Waals surface area (Å²) in [5.41, 5.74) is 0. The Hall–Kier alpha value is -1.40. The van der Waals surface area contributed by atoms with Crippen LogP contribution < -0.4 is 5.32 Å². The smallest absolute Gasteiger partial charge is 0.305 e. The van der Waals surface area contributed by atoms with Gasteiger partial charge in [0, 0.05) is 12.8 Å². The number of aliphatic hydroxyl groups excluding tert-OH is 2. The average Bonchev–Trinajstić information content (AvgIpc) is 3.39. The van der Waals surface area contributed by atoms with E-state index in [2.05, 4.69) is 19.2 Å². The fraction of sp³-hybridized carbons (Fsp3) is 0.940. The van der Waals surface area contributed by atoms with Crippen LogP contribution in [0.3, 0.4) is 0 Å². The van der Waals surface area contributed by atoms with E-state index in [1.165, 1.54) is 315 Å². The molecule has 0 aliphatic carbocycles. The highest BCUT2D eigenvalue weighted by Gasteiger charge is 2.18. The molecule has 0 aromatic carbocycles. The molecule has 2 atom stereocenters. The van der Waals surface area contributed by atoms with Crippen molar-refractivity contribution in [3.8, 4) is 0 Å². The van der Waals surface area contributed by atoms with Gasteiger partial charge in [-0.15, -0.1) is 0 Å². The molecule has 0 aromatic heterocycles. The standard InChI is InChI=1S/C67H131NO5/c1-3-5-7-9-11-13-15-17-19-20-29-33-37-41-45-49-53-57-61-67(72)73-62-58-54-50-46-42-38-34-30-27-25-23-21-22-24-26-28-32-36-40-44-48-52-56-60-66(71)68-64(63-69)65(70)59-55-51-47-43-39-35-31-18-16-14-12-10-8-6-4-2/h55,59,64-65,69-70H,3-54,56-58,60-63H2,1-2H3,(H,68,71)/b59-55+. The summed E-state index contributed by atoms with van der Waals surface area (Å²) in [6.07, 6.45) is 77.0. The van der Waals surface area contributed by atoms with Crippen LogP contribution in [0.4, 0.5) is 0 Å². The van der Waals surface area contributed by atoms with E-state index in [4.69, 9.17) is 4.74 Å². The Morgan fingerprint density at radius 3 is 0.932 bits per heavy atom. The molecule has 1 amide bonds. The lowest BCUT2D eigenvalue weighted by Crippen LogP contribution is -2.45. The highest BCUT2D eigenvalue weighted by molar-refractivity contribution is 5.76. The van der Waals surface area contributed by atoms with E-state index in [-0.39, 0.29) is 18.5 Å². The Labute approximate surface area is 457 Å². The number of allylic oxidation sites excluding steroid dienone is 1. The van der Waals surface area contributed by atoms with Crippen LogP contribution in [0, 0.1) is 0 Å². The largest absolute Gasteiger partial charge is 0.466 e. The number of hydrogen-bond acceptors (Lipinski definition) is 5. The molecule has 0 heterocycles. The number of carbonyl (C=O) groups excluding carboxylic acids is 2. The van der Waals surface area contributed by atoms with Crippen LogP contribution in [-0.2, 0) is 14.3 Å². The number of amides is 1. The molecule has 0 aliphatic rings. The second-order valence-corrected chi connectivity index (χ2v) is 23.2. The van der Waals surface area contributed by atoms with Gasteiger partial charge in [-0.2, -0.15) is 0 Å². The molecule has 0 radical (unpaired) electrons. The van der Waals surface area contributed by atoms with Crippen LogP contribution in [0.25, 0.3) is 0 Å². The van der Waals surface area contributed by atoms with Crippen LogP contribution in [0.2, 0.25) is 0 Å². The Balaban J connectivity index is 3.36. The number of nitrogens with one attached hydrogen (secondary N) is 1. The second kappa shape index (κ2) is 63.1. The van der Waals surface area contributed by atoms with Crippen molar-refractivity contribution in [2.45, 2.75) is 392 Å². The first-order valence-corrected chi connectivity index (χ1v) is 33.5. The molecule has 0 fully saturated rings. The lowest BCUT2D eigenvalue weighted by molar-refractivity contribution is -0.143. The molecule has 6 heteroatoms. The fourth-order valence-corrected chi connectivity index (χ4v) is 10.7. The summed E-state index contributed by atoms with van der Waals surface area (Å²) >= 11 is 0. The van der Waals surface area contributed by atoms with Gasteiger partial charge in [0.15, 0.2) is 0 Å². The van der Waals surface area contributed by atoms with E-state index >= 15 is 0 Å². The van der Waals surface area contributed by atoms with Crippen molar-refractivity contribution in [2.24, 2.45) is 0 Å². The summed E-state index contributed by atoms with van der Waals surface area (Å²) < 4.78 is 5.51. The molecule has 0 aliphatic heterocycles. The fourth-order valence-electron chi connectivity index (χ4n) is 10.7. The minimum Gasteiger partial charge on any atom is -0.466 e. The van der Waals surface area contributed by atoms with Gasteiger partial charge in [-0.05, 0) is 32.1 Å². The highest BCUT2D eigenvalue weighted by atomic mass is 16.5. The topological polar surface area (TPSA) is 95.9 Å². The van der Waals surface area contributed by atoms with Crippen molar-refractivity contribution >= 4 is 11.9 Å². The number of carbonyl (C=O) groups is 2. The maximum Gasteiger partial charge on any atom is 0.305 e. The number of ether oxygens (including phenoxy) is 1. The number of aliphatic hydroxyl groups is 2. The molecule has 73 heavy (non-hydrogen) atoms. The van der Waals surface area contributed by atoms with Gasteiger partial charge in [0.1, 0.15) is 0 Å². The number of hydrogen-bond donors (Lipinski definition) is 3. The quantitative estimate of drug-likeness (QED) is 0.0320. The zero-order chi connectivity index (χ0) is 52.9. The number of rotatable bonds is 63. The first kappa shape index (κ1) is 71.6. The van der Waals surface area contributed by atoms with Gasteiger partial charge < -0.3 is 20.3 Å². The molecule has 0 aromatic rings. The van der Waals surface area contributed by atoms with Gasteiger partial charge in [-0.25, -0.2) is 0 Å². The summed E-state index contributed by atoms with van der Waals surface area (Å²) in [4.78, 5) is 24.6. The predicted octanol–water partition coefficient (Wildman–Crippen LogP) is 21.2. The van der Waals surface area contributed by atoms with Crippen molar-refractivity contribution < 1.29 is 24.5 Å².